The van der Waals surface area contributed by atoms with E-state index in [0.717, 1.165) is 23.9 Å². The van der Waals surface area contributed by atoms with Gasteiger partial charge in [0.1, 0.15) is 6.04 Å². The standard InChI is InChI=1S/C16H21NO2/c1-19-16(18)15(17-10-11-2-3-11)14-8-6-13(7-9-14)12-4-5-12/h6-9,11-12,15,17H,2-5,10H2,1H3. The molecule has 2 saturated carbocycles. The predicted molar refractivity (Wildman–Crippen MR) is 73.9 cm³/mol. The minimum Gasteiger partial charge on any atom is -0.468 e. The van der Waals surface area contributed by atoms with Crippen LogP contribution in [0.25, 0.3) is 0 Å². The summed E-state index contributed by atoms with van der Waals surface area (Å²) in [4.78, 5) is 11.9. The van der Waals surface area contributed by atoms with Crippen molar-refractivity contribution in [2.75, 3.05) is 13.7 Å². The summed E-state index contributed by atoms with van der Waals surface area (Å²) in [6, 6.07) is 8.12. The van der Waals surface area contributed by atoms with Gasteiger partial charge in [-0.3, -0.25) is 0 Å². The summed E-state index contributed by atoms with van der Waals surface area (Å²) >= 11 is 0. The summed E-state index contributed by atoms with van der Waals surface area (Å²) in [6.07, 6.45) is 5.17. The van der Waals surface area contributed by atoms with Crippen molar-refractivity contribution in [2.24, 2.45) is 5.92 Å². The van der Waals surface area contributed by atoms with Gasteiger partial charge in [0.2, 0.25) is 0 Å². The second-order valence-electron chi connectivity index (χ2n) is 5.75. The lowest BCUT2D eigenvalue weighted by Crippen LogP contribution is -2.31. The molecule has 0 radical (unpaired) electrons. The first kappa shape index (κ1) is 12.7. The predicted octanol–water partition coefficient (Wildman–Crippen LogP) is 2.78. The molecule has 1 atom stereocenters. The maximum absolute atomic E-state index is 11.9. The maximum atomic E-state index is 11.9. The highest BCUT2D eigenvalue weighted by Crippen LogP contribution is 2.40. The van der Waals surface area contributed by atoms with Gasteiger partial charge in [0.05, 0.1) is 7.11 Å². The lowest BCUT2D eigenvalue weighted by molar-refractivity contribution is -0.143. The van der Waals surface area contributed by atoms with E-state index in [4.69, 9.17) is 4.74 Å². The molecule has 1 N–H and O–H groups in total. The number of carbonyl (C=O) groups is 1. The van der Waals surface area contributed by atoms with Crippen molar-refractivity contribution in [1.82, 2.24) is 5.32 Å². The van der Waals surface area contributed by atoms with Gasteiger partial charge in [-0.1, -0.05) is 24.3 Å². The molecule has 0 bridgehead atoms. The maximum Gasteiger partial charge on any atom is 0.327 e. The van der Waals surface area contributed by atoms with Crippen molar-refractivity contribution in [3.8, 4) is 0 Å². The van der Waals surface area contributed by atoms with Gasteiger partial charge in [0.25, 0.3) is 0 Å². The molecular formula is C16H21NO2. The third kappa shape index (κ3) is 3.16. The first-order valence-electron chi connectivity index (χ1n) is 7.19. The van der Waals surface area contributed by atoms with Crippen LogP contribution < -0.4 is 5.32 Å². The average molecular weight is 259 g/mol. The van der Waals surface area contributed by atoms with Crippen molar-refractivity contribution < 1.29 is 9.53 Å². The molecule has 0 aromatic heterocycles. The van der Waals surface area contributed by atoms with Crippen LogP contribution in [0.3, 0.4) is 0 Å². The Bertz CT molecular complexity index is 446. The number of hydrogen-bond donors (Lipinski definition) is 1. The Morgan fingerprint density at radius 1 is 1.26 bits per heavy atom. The molecule has 3 rings (SSSR count). The zero-order chi connectivity index (χ0) is 13.2. The van der Waals surface area contributed by atoms with Crippen LogP contribution in [0.1, 0.15) is 48.8 Å². The normalized spacial score (nSPS) is 20.1. The van der Waals surface area contributed by atoms with Crippen molar-refractivity contribution in [1.29, 1.82) is 0 Å². The number of nitrogens with one attached hydrogen (secondary N) is 1. The molecule has 1 aromatic rings. The Morgan fingerprint density at radius 3 is 2.47 bits per heavy atom. The van der Waals surface area contributed by atoms with Gasteiger partial charge < -0.3 is 10.1 Å². The van der Waals surface area contributed by atoms with Crippen molar-refractivity contribution in [3.63, 3.8) is 0 Å². The fourth-order valence-electron chi connectivity index (χ4n) is 2.44. The molecular weight excluding hydrogens is 238 g/mol. The Hall–Kier alpha value is -1.35. The number of benzene rings is 1. The SMILES string of the molecule is COC(=O)C(NCC1CC1)c1ccc(C2CC2)cc1. The number of methoxy groups -OCH3 is 1. The molecule has 1 aromatic carbocycles. The van der Waals surface area contributed by atoms with E-state index >= 15 is 0 Å². The van der Waals surface area contributed by atoms with Crippen LogP contribution in [0.4, 0.5) is 0 Å². The average Bonchev–Trinajstić information content (AvgIpc) is 3.30. The van der Waals surface area contributed by atoms with Crippen LogP contribution in [0.2, 0.25) is 0 Å². The number of ether oxygens (including phenoxy) is 1. The van der Waals surface area contributed by atoms with E-state index in [9.17, 15) is 4.79 Å². The number of carbonyl (C=O) groups excluding carboxylic acids is 1. The summed E-state index contributed by atoms with van der Waals surface area (Å²) in [5.74, 6) is 1.31. The van der Waals surface area contributed by atoms with E-state index < -0.39 is 0 Å². The van der Waals surface area contributed by atoms with E-state index in [2.05, 4.69) is 29.6 Å². The largest absolute Gasteiger partial charge is 0.468 e. The first-order valence-corrected chi connectivity index (χ1v) is 7.19. The van der Waals surface area contributed by atoms with Gasteiger partial charge in [-0.25, -0.2) is 4.79 Å². The summed E-state index contributed by atoms with van der Waals surface area (Å²) in [6.45, 7) is 0.907. The van der Waals surface area contributed by atoms with Crippen molar-refractivity contribution in [3.05, 3.63) is 35.4 Å². The van der Waals surface area contributed by atoms with Crippen LogP contribution in [0, 0.1) is 5.92 Å². The van der Waals surface area contributed by atoms with Crippen LogP contribution in [-0.4, -0.2) is 19.6 Å². The molecule has 2 aliphatic carbocycles. The second kappa shape index (κ2) is 5.33. The Morgan fingerprint density at radius 2 is 1.95 bits per heavy atom. The topological polar surface area (TPSA) is 38.3 Å². The minimum absolute atomic E-state index is 0.195. The minimum atomic E-state index is -0.321. The van der Waals surface area contributed by atoms with Crippen LogP contribution in [0.5, 0.6) is 0 Å². The molecule has 0 amide bonds. The number of esters is 1. The summed E-state index contributed by atoms with van der Waals surface area (Å²) < 4.78 is 4.91. The van der Waals surface area contributed by atoms with Gasteiger partial charge in [-0.05, 0) is 55.2 Å². The first-order chi connectivity index (χ1) is 9.28. The third-order valence-electron chi connectivity index (χ3n) is 4.06. The van der Waals surface area contributed by atoms with Gasteiger partial charge in [0, 0.05) is 0 Å². The van der Waals surface area contributed by atoms with Crippen LogP contribution >= 0.6 is 0 Å². The molecule has 19 heavy (non-hydrogen) atoms. The van der Waals surface area contributed by atoms with E-state index in [0.29, 0.717) is 0 Å². The zero-order valence-corrected chi connectivity index (χ0v) is 11.4. The quantitative estimate of drug-likeness (QED) is 0.798. The Balaban J connectivity index is 1.70. The molecule has 1 unspecified atom stereocenters. The summed E-state index contributed by atoms with van der Waals surface area (Å²) in [5, 5.41) is 3.34. The Labute approximate surface area is 114 Å². The molecule has 102 valence electrons. The highest BCUT2D eigenvalue weighted by atomic mass is 16.5. The van der Waals surface area contributed by atoms with Gasteiger partial charge in [-0.15, -0.1) is 0 Å². The van der Waals surface area contributed by atoms with Crippen LogP contribution in [-0.2, 0) is 9.53 Å². The monoisotopic (exact) mass is 259 g/mol. The van der Waals surface area contributed by atoms with Crippen molar-refractivity contribution >= 4 is 5.97 Å². The van der Waals surface area contributed by atoms with Crippen LogP contribution in [0.15, 0.2) is 24.3 Å². The van der Waals surface area contributed by atoms with Crippen molar-refractivity contribution in [2.45, 2.75) is 37.6 Å². The number of rotatable bonds is 6. The molecule has 3 heteroatoms. The molecule has 3 nitrogen and oxygen atoms in total. The molecule has 2 fully saturated rings. The highest BCUT2D eigenvalue weighted by molar-refractivity contribution is 5.77. The fourth-order valence-corrected chi connectivity index (χ4v) is 2.44. The smallest absolute Gasteiger partial charge is 0.327 e. The molecule has 0 aliphatic heterocycles. The van der Waals surface area contributed by atoms with E-state index in [1.807, 2.05) is 0 Å². The zero-order valence-electron chi connectivity index (χ0n) is 11.4. The lowest BCUT2D eigenvalue weighted by atomic mass is 10.0. The summed E-state index contributed by atoms with van der Waals surface area (Å²) in [5.41, 5.74) is 2.41. The summed E-state index contributed by atoms with van der Waals surface area (Å²) in [7, 11) is 1.45. The van der Waals surface area contributed by atoms with Gasteiger partial charge in [0.15, 0.2) is 0 Å². The molecule has 0 spiro atoms. The molecule has 0 saturated heterocycles. The third-order valence-corrected chi connectivity index (χ3v) is 4.06. The Kier molecular flexibility index (Phi) is 3.56. The fraction of sp³-hybridized carbons (Fsp3) is 0.562. The second-order valence-corrected chi connectivity index (χ2v) is 5.75. The van der Waals surface area contributed by atoms with E-state index in [1.54, 1.807) is 0 Å². The molecule has 2 aliphatic rings. The lowest BCUT2D eigenvalue weighted by Gasteiger charge is -2.17. The van der Waals surface area contributed by atoms with Gasteiger partial charge >= 0.3 is 5.97 Å². The van der Waals surface area contributed by atoms with E-state index in [-0.39, 0.29) is 12.0 Å². The van der Waals surface area contributed by atoms with Gasteiger partial charge in [-0.2, -0.15) is 0 Å². The highest BCUT2D eigenvalue weighted by Gasteiger charge is 2.27. The molecule has 0 heterocycles. The van der Waals surface area contributed by atoms with E-state index in [1.165, 1.54) is 38.4 Å². The number of hydrogen-bond acceptors (Lipinski definition) is 3.